The first-order valence-corrected chi connectivity index (χ1v) is 5.70. The van der Waals surface area contributed by atoms with Gasteiger partial charge in [-0.3, -0.25) is 5.10 Å². The normalized spacial score (nSPS) is 10.8. The average molecular weight is 254 g/mol. The summed E-state index contributed by atoms with van der Waals surface area (Å²) >= 11 is 5.86. The molecule has 2 rings (SSSR count). The van der Waals surface area contributed by atoms with Crippen molar-refractivity contribution in [3.8, 4) is 11.3 Å². The van der Waals surface area contributed by atoms with Crippen LogP contribution in [0.5, 0.6) is 0 Å². The summed E-state index contributed by atoms with van der Waals surface area (Å²) < 4.78 is 13.7. The molecule has 5 heteroatoms. The molecule has 0 amide bonds. The molecule has 0 aliphatic rings. The molecule has 0 aliphatic heterocycles. The topological polar surface area (TPSA) is 54.7 Å². The smallest absolute Gasteiger partial charge is 0.132 e. The SMILES string of the molecule is Cc1c(-c2cc(Cl)ccc2F)n[nH]c1CCN. The van der Waals surface area contributed by atoms with Crippen molar-refractivity contribution in [2.75, 3.05) is 6.54 Å². The van der Waals surface area contributed by atoms with Crippen molar-refractivity contribution in [3.05, 3.63) is 40.3 Å². The van der Waals surface area contributed by atoms with Crippen molar-refractivity contribution in [1.29, 1.82) is 0 Å². The van der Waals surface area contributed by atoms with E-state index < -0.39 is 0 Å². The number of nitrogens with two attached hydrogens (primary N) is 1. The molecule has 3 N–H and O–H groups in total. The van der Waals surface area contributed by atoms with E-state index in [0.29, 0.717) is 29.2 Å². The Hall–Kier alpha value is -1.39. The summed E-state index contributed by atoms with van der Waals surface area (Å²) in [6.45, 7) is 2.42. The predicted octanol–water partition coefficient (Wildman–Crippen LogP) is 2.68. The van der Waals surface area contributed by atoms with E-state index in [4.69, 9.17) is 17.3 Å². The first-order chi connectivity index (χ1) is 8.13. The molecule has 0 bridgehead atoms. The molecule has 0 aliphatic carbocycles. The van der Waals surface area contributed by atoms with Gasteiger partial charge in [0.05, 0.1) is 5.69 Å². The van der Waals surface area contributed by atoms with Crippen molar-refractivity contribution >= 4 is 11.6 Å². The zero-order valence-corrected chi connectivity index (χ0v) is 10.2. The van der Waals surface area contributed by atoms with Crippen LogP contribution in [0.2, 0.25) is 5.02 Å². The standard InChI is InChI=1S/C12H13ClFN3/c1-7-11(4-5-15)16-17-12(7)9-6-8(13)2-3-10(9)14/h2-3,6H,4-5,15H2,1H3,(H,16,17). The number of halogens is 2. The van der Waals surface area contributed by atoms with Gasteiger partial charge in [-0.1, -0.05) is 11.6 Å². The molecular weight excluding hydrogens is 241 g/mol. The average Bonchev–Trinajstić information content (AvgIpc) is 2.65. The zero-order chi connectivity index (χ0) is 12.4. The molecular formula is C12H13ClFN3. The molecule has 1 aromatic carbocycles. The fourth-order valence-corrected chi connectivity index (χ4v) is 1.94. The Kier molecular flexibility index (Phi) is 3.45. The highest BCUT2D eigenvalue weighted by molar-refractivity contribution is 6.30. The highest BCUT2D eigenvalue weighted by Crippen LogP contribution is 2.28. The number of hydrogen-bond donors (Lipinski definition) is 2. The van der Waals surface area contributed by atoms with Crippen LogP contribution in [0.25, 0.3) is 11.3 Å². The van der Waals surface area contributed by atoms with Crippen LogP contribution in [0, 0.1) is 12.7 Å². The van der Waals surface area contributed by atoms with Gasteiger partial charge in [0.1, 0.15) is 5.82 Å². The Bertz CT molecular complexity index is 537. The summed E-state index contributed by atoms with van der Waals surface area (Å²) in [4.78, 5) is 0. The van der Waals surface area contributed by atoms with Crippen molar-refractivity contribution in [3.63, 3.8) is 0 Å². The lowest BCUT2D eigenvalue weighted by Crippen LogP contribution is -2.03. The van der Waals surface area contributed by atoms with Gasteiger partial charge >= 0.3 is 0 Å². The summed E-state index contributed by atoms with van der Waals surface area (Å²) in [5.41, 5.74) is 8.34. The Balaban J connectivity index is 2.49. The molecule has 0 saturated carbocycles. The number of hydrogen-bond acceptors (Lipinski definition) is 2. The first kappa shape index (κ1) is 12.1. The Morgan fingerprint density at radius 3 is 2.94 bits per heavy atom. The van der Waals surface area contributed by atoms with E-state index >= 15 is 0 Å². The molecule has 3 nitrogen and oxygen atoms in total. The van der Waals surface area contributed by atoms with E-state index in [2.05, 4.69) is 10.2 Å². The Morgan fingerprint density at radius 2 is 2.24 bits per heavy atom. The number of benzene rings is 1. The maximum Gasteiger partial charge on any atom is 0.132 e. The van der Waals surface area contributed by atoms with Crippen molar-refractivity contribution in [2.45, 2.75) is 13.3 Å². The summed E-state index contributed by atoms with van der Waals surface area (Å²) in [5, 5.41) is 7.50. The molecule has 90 valence electrons. The quantitative estimate of drug-likeness (QED) is 0.884. The molecule has 1 aromatic heterocycles. The van der Waals surface area contributed by atoms with Crippen LogP contribution in [0.15, 0.2) is 18.2 Å². The zero-order valence-electron chi connectivity index (χ0n) is 9.43. The molecule has 0 fully saturated rings. The summed E-state index contributed by atoms with van der Waals surface area (Å²) in [5.74, 6) is -0.330. The van der Waals surface area contributed by atoms with Crippen LogP contribution in [-0.2, 0) is 6.42 Å². The number of nitrogens with one attached hydrogen (secondary N) is 1. The molecule has 1 heterocycles. The van der Waals surface area contributed by atoms with Gasteiger partial charge in [-0.05, 0) is 37.2 Å². The number of aromatic nitrogens is 2. The van der Waals surface area contributed by atoms with Crippen molar-refractivity contribution in [2.24, 2.45) is 5.73 Å². The van der Waals surface area contributed by atoms with Gasteiger partial charge in [-0.15, -0.1) is 0 Å². The summed E-state index contributed by atoms with van der Waals surface area (Å²) in [6, 6.07) is 4.43. The molecule has 0 saturated heterocycles. The van der Waals surface area contributed by atoms with Gasteiger partial charge in [0.15, 0.2) is 0 Å². The lowest BCUT2D eigenvalue weighted by Gasteiger charge is -2.02. The van der Waals surface area contributed by atoms with E-state index in [0.717, 1.165) is 11.3 Å². The molecule has 17 heavy (non-hydrogen) atoms. The van der Waals surface area contributed by atoms with E-state index in [9.17, 15) is 4.39 Å². The van der Waals surface area contributed by atoms with E-state index in [1.807, 2.05) is 6.92 Å². The molecule has 2 aromatic rings. The summed E-state index contributed by atoms with van der Waals surface area (Å²) in [7, 11) is 0. The largest absolute Gasteiger partial charge is 0.330 e. The molecule has 0 spiro atoms. The fraction of sp³-hybridized carbons (Fsp3) is 0.250. The van der Waals surface area contributed by atoms with Crippen LogP contribution in [-0.4, -0.2) is 16.7 Å². The van der Waals surface area contributed by atoms with Gasteiger partial charge in [0.2, 0.25) is 0 Å². The van der Waals surface area contributed by atoms with Gasteiger partial charge in [0.25, 0.3) is 0 Å². The fourth-order valence-electron chi connectivity index (χ4n) is 1.76. The Labute approximate surface area is 104 Å². The molecule has 0 atom stereocenters. The third-order valence-corrected chi connectivity index (χ3v) is 2.92. The predicted molar refractivity (Wildman–Crippen MR) is 66.5 cm³/mol. The van der Waals surface area contributed by atoms with Crippen molar-refractivity contribution in [1.82, 2.24) is 10.2 Å². The maximum absolute atomic E-state index is 13.7. The van der Waals surface area contributed by atoms with Gasteiger partial charge in [-0.2, -0.15) is 5.10 Å². The van der Waals surface area contributed by atoms with Crippen LogP contribution in [0.3, 0.4) is 0 Å². The van der Waals surface area contributed by atoms with Gasteiger partial charge in [0, 0.05) is 22.7 Å². The minimum Gasteiger partial charge on any atom is -0.330 e. The third kappa shape index (κ3) is 2.33. The lowest BCUT2D eigenvalue weighted by molar-refractivity contribution is 0.630. The monoisotopic (exact) mass is 253 g/mol. The van der Waals surface area contributed by atoms with Gasteiger partial charge in [-0.25, -0.2) is 4.39 Å². The lowest BCUT2D eigenvalue weighted by atomic mass is 10.1. The number of nitrogens with zero attached hydrogens (tertiary/aromatic N) is 1. The number of aromatic amines is 1. The van der Waals surface area contributed by atoms with E-state index in [1.165, 1.54) is 12.1 Å². The van der Waals surface area contributed by atoms with E-state index in [-0.39, 0.29) is 5.82 Å². The third-order valence-electron chi connectivity index (χ3n) is 2.69. The Morgan fingerprint density at radius 1 is 1.47 bits per heavy atom. The first-order valence-electron chi connectivity index (χ1n) is 5.33. The maximum atomic E-state index is 13.7. The second-order valence-electron chi connectivity index (χ2n) is 3.84. The number of rotatable bonds is 3. The highest BCUT2D eigenvalue weighted by Gasteiger charge is 2.14. The minimum absolute atomic E-state index is 0.330. The van der Waals surface area contributed by atoms with Crippen LogP contribution < -0.4 is 5.73 Å². The minimum atomic E-state index is -0.330. The second-order valence-corrected chi connectivity index (χ2v) is 4.28. The van der Waals surface area contributed by atoms with Gasteiger partial charge < -0.3 is 5.73 Å². The molecule has 0 unspecified atom stereocenters. The van der Waals surface area contributed by atoms with Crippen LogP contribution in [0.1, 0.15) is 11.3 Å². The van der Waals surface area contributed by atoms with Crippen LogP contribution in [0.4, 0.5) is 4.39 Å². The summed E-state index contributed by atoms with van der Waals surface area (Å²) in [6.07, 6.45) is 0.695. The number of H-pyrrole nitrogens is 1. The second kappa shape index (κ2) is 4.85. The highest BCUT2D eigenvalue weighted by atomic mass is 35.5. The van der Waals surface area contributed by atoms with E-state index in [1.54, 1.807) is 6.07 Å². The van der Waals surface area contributed by atoms with Crippen molar-refractivity contribution < 1.29 is 4.39 Å². The van der Waals surface area contributed by atoms with Crippen LogP contribution >= 0.6 is 11.6 Å². The molecule has 0 radical (unpaired) electrons.